The molecule has 0 unspecified atom stereocenters. The molecule has 6 rings (SSSR count). The van der Waals surface area contributed by atoms with Crippen LogP contribution in [0.15, 0.2) is 59.1 Å². The highest BCUT2D eigenvalue weighted by Crippen LogP contribution is 2.43. The first-order valence-electron chi connectivity index (χ1n) is 12.2. The van der Waals surface area contributed by atoms with Gasteiger partial charge in [0.25, 0.3) is 0 Å². The van der Waals surface area contributed by atoms with Crippen LogP contribution in [-0.2, 0) is 7.05 Å². The molecule has 0 aliphatic heterocycles. The van der Waals surface area contributed by atoms with Crippen molar-refractivity contribution in [2.45, 2.75) is 51.8 Å². The van der Waals surface area contributed by atoms with E-state index in [4.69, 9.17) is 9.40 Å². The Bertz CT molecular complexity index is 1540. The second kappa shape index (κ2) is 7.44. The first-order chi connectivity index (χ1) is 16.0. The van der Waals surface area contributed by atoms with Crippen molar-refractivity contribution in [2.24, 2.45) is 7.05 Å². The van der Waals surface area contributed by atoms with E-state index in [0.717, 1.165) is 64.4 Å². The third kappa shape index (κ3) is 2.95. The summed E-state index contributed by atoms with van der Waals surface area (Å²) in [5.74, 6) is -0.498. The van der Waals surface area contributed by atoms with E-state index in [0.29, 0.717) is 5.71 Å². The number of fused-ring (bicyclic) bond motifs is 5. The van der Waals surface area contributed by atoms with Gasteiger partial charge in [0.1, 0.15) is 12.6 Å². The van der Waals surface area contributed by atoms with E-state index in [1.165, 1.54) is 22.9 Å². The molecule has 3 heteroatoms. The molecular formula is C29H29N2O+. The summed E-state index contributed by atoms with van der Waals surface area (Å²) in [6.45, 7) is 4.21. The molecule has 0 amide bonds. The van der Waals surface area contributed by atoms with Gasteiger partial charge in [-0.25, -0.2) is 9.55 Å². The Balaban J connectivity index is 1.73. The van der Waals surface area contributed by atoms with Crippen LogP contribution in [0.4, 0.5) is 0 Å². The molecule has 0 N–H and O–H groups in total. The number of rotatable bonds is 2. The zero-order chi connectivity index (χ0) is 22.7. The minimum Gasteiger partial charge on any atom is -0.437 e. The van der Waals surface area contributed by atoms with Crippen LogP contribution < -0.4 is 4.57 Å². The van der Waals surface area contributed by atoms with Crippen LogP contribution in [0.2, 0.25) is 0 Å². The maximum Gasteiger partial charge on any atom is 0.227 e. The van der Waals surface area contributed by atoms with Crippen LogP contribution in [0.5, 0.6) is 0 Å². The van der Waals surface area contributed by atoms with Gasteiger partial charge in [0.05, 0.1) is 5.56 Å². The number of hydrogen-bond donors (Lipinski definition) is 0. The second-order valence-electron chi connectivity index (χ2n) is 9.23. The molecular weight excluding hydrogens is 392 g/mol. The molecule has 0 radical (unpaired) electrons. The lowest BCUT2D eigenvalue weighted by Gasteiger charge is -2.22. The maximum atomic E-state index is 9.23. The summed E-state index contributed by atoms with van der Waals surface area (Å²) in [6, 6.07) is 17.1. The molecule has 2 aromatic carbocycles. The average molecular weight is 423 g/mol. The molecule has 3 heterocycles. The van der Waals surface area contributed by atoms with Crippen LogP contribution in [0, 0.1) is 13.8 Å². The summed E-state index contributed by atoms with van der Waals surface area (Å²) in [5, 5.41) is 4.47. The number of benzene rings is 2. The van der Waals surface area contributed by atoms with E-state index in [1.807, 2.05) is 6.92 Å². The summed E-state index contributed by atoms with van der Waals surface area (Å²) in [4.78, 5) is 4.71. The van der Waals surface area contributed by atoms with Crippen molar-refractivity contribution in [1.82, 2.24) is 4.98 Å². The summed E-state index contributed by atoms with van der Waals surface area (Å²) in [6.07, 6.45) is 7.51. The van der Waals surface area contributed by atoms with Crippen molar-refractivity contribution >= 4 is 32.8 Å². The number of hydrogen-bond acceptors (Lipinski definition) is 2. The lowest BCUT2D eigenvalue weighted by molar-refractivity contribution is -0.660. The van der Waals surface area contributed by atoms with Gasteiger partial charge in [0, 0.05) is 35.4 Å². The number of pyridine rings is 2. The van der Waals surface area contributed by atoms with E-state index < -0.39 is 5.89 Å². The van der Waals surface area contributed by atoms with E-state index in [2.05, 4.69) is 73.3 Å². The molecule has 32 heavy (non-hydrogen) atoms. The first-order valence-corrected chi connectivity index (χ1v) is 11.7. The molecule has 160 valence electrons. The number of aromatic nitrogens is 2. The Labute approximate surface area is 190 Å². The fourth-order valence-electron chi connectivity index (χ4n) is 5.46. The molecule has 0 atom stereocenters. The van der Waals surface area contributed by atoms with Crippen molar-refractivity contribution in [2.75, 3.05) is 0 Å². The molecule has 0 bridgehead atoms. The van der Waals surface area contributed by atoms with Gasteiger partial charge in [-0.05, 0) is 61.2 Å². The van der Waals surface area contributed by atoms with Gasteiger partial charge in [0.2, 0.25) is 11.4 Å². The molecule has 1 saturated carbocycles. The summed E-state index contributed by atoms with van der Waals surface area (Å²) < 4.78 is 17.8. The lowest BCUT2D eigenvalue weighted by atomic mass is 9.83. The maximum absolute atomic E-state index is 9.23. The SMILES string of the molecule is [2H]C1(c2cc[n+](C)c(-c3c(C)c4ccccc4c4oc5nc(C)ccc5c34)c2)CCCCC1. The Morgan fingerprint density at radius 3 is 2.56 bits per heavy atom. The van der Waals surface area contributed by atoms with E-state index in [-0.39, 0.29) is 0 Å². The average Bonchev–Trinajstić information content (AvgIpc) is 3.19. The molecule has 1 fully saturated rings. The van der Waals surface area contributed by atoms with Crippen molar-refractivity contribution in [3.8, 4) is 11.3 Å². The minimum atomic E-state index is -0.498. The van der Waals surface area contributed by atoms with Gasteiger partial charge < -0.3 is 4.42 Å². The van der Waals surface area contributed by atoms with Crippen molar-refractivity contribution in [1.29, 1.82) is 0 Å². The fraction of sp³-hybridized carbons (Fsp3) is 0.310. The number of nitrogens with zero attached hydrogens (tertiary/aromatic N) is 2. The summed E-state index contributed by atoms with van der Waals surface area (Å²) >= 11 is 0. The second-order valence-corrected chi connectivity index (χ2v) is 9.23. The highest BCUT2D eigenvalue weighted by molar-refractivity contribution is 6.21. The third-order valence-corrected chi connectivity index (χ3v) is 7.17. The van der Waals surface area contributed by atoms with Gasteiger partial charge >= 0.3 is 0 Å². The largest absolute Gasteiger partial charge is 0.437 e. The first kappa shape index (κ1) is 18.4. The van der Waals surface area contributed by atoms with Crippen molar-refractivity contribution in [3.05, 3.63) is 71.5 Å². The Morgan fingerprint density at radius 2 is 1.75 bits per heavy atom. The quantitative estimate of drug-likeness (QED) is 0.280. The smallest absolute Gasteiger partial charge is 0.227 e. The Morgan fingerprint density at radius 1 is 0.969 bits per heavy atom. The van der Waals surface area contributed by atoms with Gasteiger partial charge in [-0.1, -0.05) is 43.5 Å². The fourth-order valence-corrected chi connectivity index (χ4v) is 5.46. The van der Waals surface area contributed by atoms with Gasteiger partial charge in [0.15, 0.2) is 6.20 Å². The third-order valence-electron chi connectivity index (χ3n) is 7.17. The van der Waals surface area contributed by atoms with Crippen molar-refractivity contribution in [3.63, 3.8) is 0 Å². The Hall–Kier alpha value is -3.20. The molecule has 1 aliphatic carbocycles. The molecule has 3 nitrogen and oxygen atoms in total. The summed E-state index contributed by atoms with van der Waals surface area (Å²) in [7, 11) is 2.10. The van der Waals surface area contributed by atoms with Crippen LogP contribution in [0.1, 0.15) is 56.2 Å². The minimum absolute atomic E-state index is 0.498. The summed E-state index contributed by atoms with van der Waals surface area (Å²) in [5.41, 5.74) is 7.19. The topological polar surface area (TPSA) is 29.9 Å². The zero-order valence-electron chi connectivity index (χ0n) is 20.0. The lowest BCUT2D eigenvalue weighted by Crippen LogP contribution is -2.31. The molecule has 0 spiro atoms. The van der Waals surface area contributed by atoms with Gasteiger partial charge in [-0.15, -0.1) is 0 Å². The highest BCUT2D eigenvalue weighted by atomic mass is 16.3. The standard InChI is InChI=1S/C29H29N2O/c1-18-13-14-24-27-26(25-17-21(15-16-31(25)3)20-9-5-4-6-10-20)19(2)22-11-7-8-12-23(22)28(27)32-29(24)30-18/h7-8,11-17,20H,4-6,9-10H2,1-3H3/q+1/i20D. The predicted molar refractivity (Wildman–Crippen MR) is 131 cm³/mol. The molecule has 0 saturated heterocycles. The van der Waals surface area contributed by atoms with Crippen LogP contribution in [0.3, 0.4) is 0 Å². The van der Waals surface area contributed by atoms with Crippen molar-refractivity contribution < 1.29 is 10.4 Å². The molecule has 1 aliphatic rings. The van der Waals surface area contributed by atoms with Gasteiger partial charge in [-0.3, -0.25) is 0 Å². The van der Waals surface area contributed by atoms with E-state index >= 15 is 0 Å². The molecule has 5 aromatic rings. The van der Waals surface area contributed by atoms with Gasteiger partial charge in [-0.2, -0.15) is 0 Å². The van der Waals surface area contributed by atoms with Crippen LogP contribution in [-0.4, -0.2) is 4.98 Å². The van der Waals surface area contributed by atoms with E-state index in [1.54, 1.807) is 0 Å². The van der Waals surface area contributed by atoms with Crippen LogP contribution >= 0.6 is 0 Å². The number of aryl methyl sites for hydroxylation is 3. The zero-order valence-corrected chi connectivity index (χ0v) is 19.0. The highest BCUT2D eigenvalue weighted by Gasteiger charge is 2.26. The predicted octanol–water partition coefficient (Wildman–Crippen LogP) is 7.29. The molecule has 3 aromatic heterocycles. The normalized spacial score (nSPS) is 16.7. The monoisotopic (exact) mass is 422 g/mol. The number of furan rings is 1. The van der Waals surface area contributed by atoms with Crippen LogP contribution in [0.25, 0.3) is 44.1 Å². The Kier molecular flexibility index (Phi) is 4.27. The van der Waals surface area contributed by atoms with E-state index in [9.17, 15) is 1.37 Å².